The number of ether oxygens (including phenoxy) is 3. The van der Waals surface area contributed by atoms with Gasteiger partial charge in [0.25, 0.3) is 0 Å². The third-order valence-corrected chi connectivity index (χ3v) is 5.27. The third-order valence-electron chi connectivity index (χ3n) is 5.27. The Bertz CT molecular complexity index is 1300. The minimum atomic E-state index is -0.732. The maximum Gasteiger partial charge on any atom is 0.331 e. The monoisotopic (exact) mass is 481 g/mol. The number of benzene rings is 3. The first-order valence-corrected chi connectivity index (χ1v) is 11.7. The molecular weight excluding hydrogens is 454 g/mol. The van der Waals surface area contributed by atoms with Gasteiger partial charge in [0.2, 0.25) is 0 Å². The van der Waals surface area contributed by atoms with E-state index >= 15 is 0 Å². The van der Waals surface area contributed by atoms with Crippen LogP contribution in [0.3, 0.4) is 0 Å². The van der Waals surface area contributed by atoms with Gasteiger partial charge in [-0.15, -0.1) is 5.10 Å². The molecule has 1 heterocycles. The number of rotatable bonds is 10. The van der Waals surface area contributed by atoms with Crippen molar-refractivity contribution in [1.82, 2.24) is 15.0 Å². The van der Waals surface area contributed by atoms with Crippen LogP contribution in [0, 0.1) is 11.8 Å². The number of esters is 1. The molecule has 1 atom stereocenters. The summed E-state index contributed by atoms with van der Waals surface area (Å²) >= 11 is 0. The van der Waals surface area contributed by atoms with Crippen LogP contribution in [-0.4, -0.2) is 34.2 Å². The first-order chi connectivity index (χ1) is 17.7. The van der Waals surface area contributed by atoms with E-state index in [2.05, 4.69) is 22.2 Å². The second kappa shape index (κ2) is 12.8. The van der Waals surface area contributed by atoms with Crippen molar-refractivity contribution in [3.63, 3.8) is 0 Å². The summed E-state index contributed by atoms with van der Waals surface area (Å²) < 4.78 is 18.5. The van der Waals surface area contributed by atoms with Gasteiger partial charge in [0.1, 0.15) is 36.1 Å². The van der Waals surface area contributed by atoms with Crippen molar-refractivity contribution in [3.8, 4) is 23.3 Å². The standard InChI is InChI=1S/C29H27N3O4/c1-2-34-29(33)28(21-23-13-6-3-7-14-23)32-27(19-12-20-35-24-15-8-4-9-16-24)26(30-31-32)22-36-25-17-10-5-11-18-25/h3-11,13-18,28H,2,20-22H2,1H3/t28-/m1/s1. The highest BCUT2D eigenvalue weighted by atomic mass is 16.5. The van der Waals surface area contributed by atoms with Crippen molar-refractivity contribution < 1.29 is 19.0 Å². The SMILES string of the molecule is CCOC(=O)[C@@H](Cc1ccccc1)n1nnc(COc2ccccc2)c1C#CCOc1ccccc1. The summed E-state index contributed by atoms with van der Waals surface area (Å²) in [7, 11) is 0. The van der Waals surface area contributed by atoms with Crippen LogP contribution in [0.5, 0.6) is 11.5 Å². The maximum absolute atomic E-state index is 13.0. The minimum absolute atomic E-state index is 0.147. The summed E-state index contributed by atoms with van der Waals surface area (Å²) in [5.74, 6) is 7.15. The molecule has 4 aromatic rings. The van der Waals surface area contributed by atoms with Crippen molar-refractivity contribution in [2.45, 2.75) is 26.0 Å². The van der Waals surface area contributed by atoms with Gasteiger partial charge in [-0.25, -0.2) is 9.48 Å². The lowest BCUT2D eigenvalue weighted by Crippen LogP contribution is -2.26. The topological polar surface area (TPSA) is 75.5 Å². The summed E-state index contributed by atoms with van der Waals surface area (Å²) in [5, 5.41) is 8.62. The smallest absolute Gasteiger partial charge is 0.331 e. The first kappa shape index (κ1) is 24.6. The lowest BCUT2D eigenvalue weighted by molar-refractivity contribution is -0.147. The molecule has 1 aromatic heterocycles. The summed E-state index contributed by atoms with van der Waals surface area (Å²) in [4.78, 5) is 13.0. The molecule has 0 saturated heterocycles. The average Bonchev–Trinajstić information content (AvgIpc) is 3.32. The second-order valence-electron chi connectivity index (χ2n) is 7.79. The van der Waals surface area contributed by atoms with Crippen LogP contribution in [0.4, 0.5) is 0 Å². The molecule has 4 rings (SSSR count). The van der Waals surface area contributed by atoms with Gasteiger partial charge in [-0.2, -0.15) is 0 Å². The molecule has 0 aliphatic rings. The molecular formula is C29H27N3O4. The summed E-state index contributed by atoms with van der Waals surface area (Å²) in [6.07, 6.45) is 0.386. The van der Waals surface area contributed by atoms with E-state index < -0.39 is 12.0 Å². The van der Waals surface area contributed by atoms with Crippen molar-refractivity contribution in [1.29, 1.82) is 0 Å². The Morgan fingerprint density at radius 2 is 1.50 bits per heavy atom. The lowest BCUT2D eigenvalue weighted by atomic mass is 10.1. The van der Waals surface area contributed by atoms with Gasteiger partial charge >= 0.3 is 5.97 Å². The van der Waals surface area contributed by atoms with Crippen molar-refractivity contribution in [3.05, 3.63) is 108 Å². The van der Waals surface area contributed by atoms with Crippen LogP contribution in [0.15, 0.2) is 91.0 Å². The highest BCUT2D eigenvalue weighted by Crippen LogP contribution is 2.20. The normalized spacial score (nSPS) is 11.1. The van der Waals surface area contributed by atoms with E-state index in [4.69, 9.17) is 14.2 Å². The number of carbonyl (C=O) groups excluding carboxylic acids is 1. The fourth-order valence-corrected chi connectivity index (χ4v) is 3.54. The van der Waals surface area contributed by atoms with Gasteiger partial charge in [-0.1, -0.05) is 77.9 Å². The van der Waals surface area contributed by atoms with Crippen LogP contribution < -0.4 is 9.47 Å². The molecule has 7 nitrogen and oxygen atoms in total. The number of nitrogens with zero attached hydrogens (tertiary/aromatic N) is 3. The first-order valence-electron chi connectivity index (χ1n) is 11.7. The van der Waals surface area contributed by atoms with Gasteiger partial charge in [0, 0.05) is 6.42 Å². The van der Waals surface area contributed by atoms with Crippen molar-refractivity contribution in [2.24, 2.45) is 0 Å². The Morgan fingerprint density at radius 1 is 0.889 bits per heavy atom. The molecule has 0 aliphatic carbocycles. The van der Waals surface area contributed by atoms with Gasteiger partial charge < -0.3 is 14.2 Å². The quantitative estimate of drug-likeness (QED) is 0.243. The minimum Gasteiger partial charge on any atom is -0.487 e. The van der Waals surface area contributed by atoms with Crippen LogP contribution in [0.2, 0.25) is 0 Å². The third kappa shape index (κ3) is 6.73. The number of hydrogen-bond acceptors (Lipinski definition) is 6. The van der Waals surface area contributed by atoms with Crippen LogP contribution in [0.1, 0.15) is 29.9 Å². The van der Waals surface area contributed by atoms with Crippen LogP contribution >= 0.6 is 0 Å². The molecule has 0 unspecified atom stereocenters. The van der Waals surface area contributed by atoms with Gasteiger partial charge in [0.15, 0.2) is 6.04 Å². The lowest BCUT2D eigenvalue weighted by Gasteiger charge is -2.17. The summed E-state index contributed by atoms with van der Waals surface area (Å²) in [5.41, 5.74) is 1.98. The van der Waals surface area contributed by atoms with E-state index in [0.29, 0.717) is 23.6 Å². The van der Waals surface area contributed by atoms with Crippen LogP contribution in [0.25, 0.3) is 0 Å². The number of aromatic nitrogens is 3. The zero-order chi connectivity index (χ0) is 25.0. The van der Waals surface area contributed by atoms with Gasteiger partial charge in [-0.05, 0) is 42.7 Å². The second-order valence-corrected chi connectivity index (χ2v) is 7.79. The highest BCUT2D eigenvalue weighted by Gasteiger charge is 2.27. The summed E-state index contributed by atoms with van der Waals surface area (Å²) in [6, 6.07) is 27.9. The van der Waals surface area contributed by atoms with Crippen molar-refractivity contribution >= 4 is 5.97 Å². The van der Waals surface area contributed by atoms with E-state index in [1.165, 1.54) is 4.68 Å². The molecule has 0 aliphatic heterocycles. The van der Waals surface area contributed by atoms with E-state index in [-0.39, 0.29) is 19.8 Å². The van der Waals surface area contributed by atoms with E-state index in [9.17, 15) is 4.79 Å². The highest BCUT2D eigenvalue weighted by molar-refractivity contribution is 5.75. The van der Waals surface area contributed by atoms with Gasteiger partial charge in [0.05, 0.1) is 6.61 Å². The zero-order valence-corrected chi connectivity index (χ0v) is 20.0. The molecule has 7 heteroatoms. The number of hydrogen-bond donors (Lipinski definition) is 0. The predicted molar refractivity (Wildman–Crippen MR) is 135 cm³/mol. The maximum atomic E-state index is 13.0. The van der Waals surface area contributed by atoms with E-state index in [0.717, 1.165) is 11.3 Å². The zero-order valence-electron chi connectivity index (χ0n) is 20.0. The molecule has 182 valence electrons. The largest absolute Gasteiger partial charge is 0.487 e. The number of carbonyl (C=O) groups is 1. The Labute approximate surface area is 210 Å². The van der Waals surface area contributed by atoms with Crippen molar-refractivity contribution in [2.75, 3.05) is 13.2 Å². The van der Waals surface area contributed by atoms with Gasteiger partial charge in [-0.3, -0.25) is 0 Å². The van der Waals surface area contributed by atoms with E-state index in [1.807, 2.05) is 91.0 Å². The molecule has 0 N–H and O–H groups in total. The average molecular weight is 482 g/mol. The fourth-order valence-electron chi connectivity index (χ4n) is 3.54. The predicted octanol–water partition coefficient (Wildman–Crippen LogP) is 4.63. The fraction of sp³-hybridized carbons (Fsp3) is 0.207. The molecule has 0 saturated carbocycles. The Morgan fingerprint density at radius 3 is 2.14 bits per heavy atom. The molecule has 3 aromatic carbocycles. The Kier molecular flexibility index (Phi) is 8.71. The molecule has 36 heavy (non-hydrogen) atoms. The summed E-state index contributed by atoms with van der Waals surface area (Å²) in [6.45, 7) is 2.35. The molecule has 0 radical (unpaired) electrons. The Hall–Kier alpha value is -4.57. The molecule has 0 spiro atoms. The molecule has 0 amide bonds. The van der Waals surface area contributed by atoms with Crippen LogP contribution in [-0.2, 0) is 22.6 Å². The Balaban J connectivity index is 1.63. The number of para-hydroxylation sites is 2. The molecule has 0 fully saturated rings. The van der Waals surface area contributed by atoms with E-state index in [1.54, 1.807) is 6.92 Å². The molecule has 0 bridgehead atoms.